The molecule has 0 radical (unpaired) electrons. The fraction of sp³-hybridized carbons (Fsp3) is 0.769. The molecule has 1 aromatic carbocycles. The summed E-state index contributed by atoms with van der Waals surface area (Å²) in [4.78, 5) is 0. The van der Waals surface area contributed by atoms with Gasteiger partial charge in [0, 0.05) is 0 Å². The number of alkyl halides is 2. The highest BCUT2D eigenvalue weighted by Gasteiger charge is 2.61. The highest BCUT2D eigenvalue weighted by molar-refractivity contribution is 8.05. The molecule has 6 nitrogen and oxygen atoms in total. The van der Waals surface area contributed by atoms with Crippen molar-refractivity contribution in [3.63, 3.8) is 0 Å². The molecule has 3 aliphatic carbocycles. The monoisotopic (exact) mass is 548 g/mol. The van der Waals surface area contributed by atoms with Crippen LogP contribution in [0.25, 0.3) is 0 Å². The van der Waals surface area contributed by atoms with Crippen molar-refractivity contribution in [2.75, 3.05) is 7.11 Å². The van der Waals surface area contributed by atoms with E-state index in [1.54, 1.807) is 0 Å². The zero-order valence-corrected chi connectivity index (χ0v) is 22.6. The van der Waals surface area contributed by atoms with Gasteiger partial charge in [-0.25, -0.2) is 0 Å². The van der Waals surface area contributed by atoms with Crippen LogP contribution in [0.15, 0.2) is 12.1 Å². The number of benzene rings is 1. The summed E-state index contributed by atoms with van der Waals surface area (Å²) in [7, 11) is -11.1. The van der Waals surface area contributed by atoms with Crippen molar-refractivity contribution in [3.8, 4) is 5.75 Å². The zero-order chi connectivity index (χ0) is 26.0. The second-order valence-electron chi connectivity index (χ2n) is 10.7. The third-order valence-corrected chi connectivity index (χ3v) is 11.5. The molecule has 0 aromatic heterocycles. The van der Waals surface area contributed by atoms with Crippen molar-refractivity contribution < 1.29 is 34.0 Å². The van der Waals surface area contributed by atoms with Crippen LogP contribution in [0.2, 0.25) is 0 Å². The van der Waals surface area contributed by atoms with E-state index in [1.807, 2.05) is 12.1 Å². The van der Waals surface area contributed by atoms with Crippen molar-refractivity contribution in [2.45, 2.75) is 119 Å². The van der Waals surface area contributed by atoms with Crippen molar-refractivity contribution >= 4 is 20.2 Å². The summed E-state index contributed by atoms with van der Waals surface area (Å²) in [5, 5.41) is 0. The Bertz CT molecular complexity index is 1080. The molecule has 0 spiro atoms. The molecule has 4 rings (SSSR count). The van der Waals surface area contributed by atoms with Crippen molar-refractivity contribution in [1.29, 1.82) is 0 Å². The van der Waals surface area contributed by atoms with Crippen molar-refractivity contribution in [2.24, 2.45) is 0 Å². The van der Waals surface area contributed by atoms with Crippen molar-refractivity contribution in [3.05, 3.63) is 28.8 Å². The summed E-state index contributed by atoms with van der Waals surface area (Å²) in [6.45, 7) is 0. The normalized spacial score (nSPS) is 22.0. The fourth-order valence-corrected chi connectivity index (χ4v) is 8.29. The molecule has 0 atom stereocenters. The van der Waals surface area contributed by atoms with Gasteiger partial charge in [-0.1, -0.05) is 69.9 Å². The highest BCUT2D eigenvalue weighted by Crippen LogP contribution is 2.48. The largest absolute Gasteiger partial charge is 0.507 e. The molecule has 3 saturated carbocycles. The molecule has 3 aliphatic rings. The first-order valence-electron chi connectivity index (χ1n) is 13.4. The maximum absolute atomic E-state index is 14.8. The first kappa shape index (κ1) is 27.8. The van der Waals surface area contributed by atoms with Gasteiger partial charge in [0.1, 0.15) is 5.75 Å². The van der Waals surface area contributed by atoms with Crippen LogP contribution in [-0.2, 0) is 24.4 Å². The van der Waals surface area contributed by atoms with E-state index in [0.717, 1.165) is 95.5 Å². The number of rotatable bonds is 8. The number of hydrogen-bond donors (Lipinski definition) is 0. The Balaban J connectivity index is 1.87. The molecular formula is C26H38F2O6S2. The lowest BCUT2D eigenvalue weighted by molar-refractivity contribution is 0.149. The van der Waals surface area contributed by atoms with Gasteiger partial charge in [-0.05, 0) is 73.0 Å². The second-order valence-corrected chi connectivity index (χ2v) is 14.3. The first-order valence-corrected chi connectivity index (χ1v) is 16.2. The zero-order valence-electron chi connectivity index (χ0n) is 21.0. The maximum Gasteiger partial charge on any atom is 0.507 e. The molecule has 0 N–H and O–H groups in total. The maximum atomic E-state index is 14.8. The second kappa shape index (κ2) is 11.2. The van der Waals surface area contributed by atoms with E-state index in [2.05, 4.69) is 4.18 Å². The van der Waals surface area contributed by atoms with Gasteiger partial charge in [0.25, 0.3) is 0 Å². The van der Waals surface area contributed by atoms with Crippen LogP contribution in [0.1, 0.15) is 131 Å². The molecule has 36 heavy (non-hydrogen) atoms. The molecule has 10 heteroatoms. The van der Waals surface area contributed by atoms with Crippen LogP contribution in [0.4, 0.5) is 8.78 Å². The summed E-state index contributed by atoms with van der Waals surface area (Å²) in [5.41, 5.74) is 2.43. The smallest absolute Gasteiger partial charge is 0.377 e. The van der Waals surface area contributed by atoms with E-state index < -0.39 is 24.8 Å². The molecule has 0 aliphatic heterocycles. The standard InChI is InChI=1S/C26H38F2O6S2/c1-33-35(29,30)26(27,28)36(31,32)34-25-23(20-13-7-3-8-14-20)17-22(19-11-5-2-6-12-19)18-24(25)21-15-9-4-10-16-21/h17-21H,2-16H2,1H3. The van der Waals surface area contributed by atoms with Gasteiger partial charge in [-0.3, -0.25) is 4.18 Å². The van der Waals surface area contributed by atoms with Crippen LogP contribution in [0.3, 0.4) is 0 Å². The summed E-state index contributed by atoms with van der Waals surface area (Å²) < 4.78 is 82.8. The van der Waals surface area contributed by atoms with Gasteiger partial charge in [-0.15, -0.1) is 0 Å². The molecule has 0 amide bonds. The van der Waals surface area contributed by atoms with E-state index in [9.17, 15) is 25.6 Å². The van der Waals surface area contributed by atoms with E-state index in [0.29, 0.717) is 24.2 Å². The highest BCUT2D eigenvalue weighted by atomic mass is 32.3. The number of hydrogen-bond acceptors (Lipinski definition) is 6. The molecular weight excluding hydrogens is 510 g/mol. The van der Waals surface area contributed by atoms with Crippen LogP contribution in [-0.4, -0.2) is 28.5 Å². The van der Waals surface area contributed by atoms with Crippen molar-refractivity contribution in [1.82, 2.24) is 0 Å². The van der Waals surface area contributed by atoms with Crippen LogP contribution in [0, 0.1) is 0 Å². The summed E-state index contributed by atoms with van der Waals surface area (Å²) in [5.74, 6) is 0.258. The average Bonchev–Trinajstić information content (AvgIpc) is 2.90. The Morgan fingerprint density at radius 1 is 0.667 bits per heavy atom. The Hall–Kier alpha value is -1.26. The minimum Gasteiger partial charge on any atom is -0.377 e. The topological polar surface area (TPSA) is 86.7 Å². The van der Waals surface area contributed by atoms with Crippen LogP contribution >= 0.6 is 0 Å². The third-order valence-electron chi connectivity index (χ3n) is 8.33. The summed E-state index contributed by atoms with van der Waals surface area (Å²) in [6.07, 6.45) is 14.9. The summed E-state index contributed by atoms with van der Waals surface area (Å²) >= 11 is 0. The van der Waals surface area contributed by atoms with Gasteiger partial charge in [0.2, 0.25) is 0 Å². The minimum absolute atomic E-state index is 0.0116. The Kier molecular flexibility index (Phi) is 8.66. The Morgan fingerprint density at radius 3 is 1.44 bits per heavy atom. The minimum atomic E-state index is -5.89. The third kappa shape index (κ3) is 5.60. The van der Waals surface area contributed by atoms with Gasteiger partial charge in [0.15, 0.2) is 0 Å². The molecule has 0 unspecified atom stereocenters. The van der Waals surface area contributed by atoms with Crippen LogP contribution in [0.5, 0.6) is 5.75 Å². The molecule has 1 aromatic rings. The van der Waals surface area contributed by atoms with Gasteiger partial charge in [0.05, 0.1) is 7.11 Å². The molecule has 0 heterocycles. The fourth-order valence-electron chi connectivity index (χ4n) is 6.28. The SMILES string of the molecule is COS(=O)(=O)C(F)(F)S(=O)(=O)Oc1c(C2CCCCC2)cc(C2CCCCC2)cc1C1CCCCC1. The quantitative estimate of drug-likeness (QED) is 0.323. The lowest BCUT2D eigenvalue weighted by Crippen LogP contribution is -2.41. The molecule has 204 valence electrons. The lowest BCUT2D eigenvalue weighted by atomic mass is 9.75. The van der Waals surface area contributed by atoms with Crippen LogP contribution < -0.4 is 4.18 Å². The van der Waals surface area contributed by atoms with E-state index in [4.69, 9.17) is 4.18 Å². The van der Waals surface area contributed by atoms with E-state index in [1.165, 1.54) is 6.42 Å². The number of halogens is 2. The Morgan fingerprint density at radius 2 is 1.06 bits per heavy atom. The average molecular weight is 549 g/mol. The molecule has 3 fully saturated rings. The predicted molar refractivity (Wildman–Crippen MR) is 134 cm³/mol. The predicted octanol–water partition coefficient (Wildman–Crippen LogP) is 7.06. The molecule has 0 saturated heterocycles. The Labute approximate surface area is 214 Å². The van der Waals surface area contributed by atoms with E-state index in [-0.39, 0.29) is 17.6 Å². The first-order chi connectivity index (χ1) is 17.1. The lowest BCUT2D eigenvalue weighted by Gasteiger charge is -2.32. The van der Waals surface area contributed by atoms with Gasteiger partial charge >= 0.3 is 24.8 Å². The molecule has 0 bridgehead atoms. The van der Waals surface area contributed by atoms with Gasteiger partial charge in [-0.2, -0.15) is 25.6 Å². The van der Waals surface area contributed by atoms with Gasteiger partial charge < -0.3 is 4.18 Å². The van der Waals surface area contributed by atoms with E-state index >= 15 is 0 Å². The summed E-state index contributed by atoms with van der Waals surface area (Å²) in [6, 6.07) is 3.96.